The molecule has 0 bridgehead atoms. The van der Waals surface area contributed by atoms with Gasteiger partial charge in [0, 0.05) is 12.5 Å². The Kier molecular flexibility index (Phi) is 2.11. The van der Waals surface area contributed by atoms with Crippen LogP contribution in [0, 0.1) is 11.8 Å². The average molecular weight is 171 g/mol. The van der Waals surface area contributed by atoms with E-state index in [1.165, 1.54) is 19.3 Å². The van der Waals surface area contributed by atoms with Gasteiger partial charge in [-0.25, -0.2) is 4.39 Å². The third-order valence-corrected chi connectivity index (χ3v) is 3.65. The van der Waals surface area contributed by atoms with Crippen LogP contribution < -0.4 is 5.32 Å². The molecule has 2 aliphatic rings. The maximum absolute atomic E-state index is 14.0. The minimum atomic E-state index is -0.893. The Labute approximate surface area is 73.7 Å². The van der Waals surface area contributed by atoms with Crippen molar-refractivity contribution >= 4 is 0 Å². The van der Waals surface area contributed by atoms with Gasteiger partial charge < -0.3 is 5.32 Å². The highest BCUT2D eigenvalue weighted by Crippen LogP contribution is 2.42. The maximum Gasteiger partial charge on any atom is 0.113 e. The van der Waals surface area contributed by atoms with Crippen molar-refractivity contribution in [3.8, 4) is 0 Å². The molecule has 1 aliphatic heterocycles. The van der Waals surface area contributed by atoms with Gasteiger partial charge in [0.1, 0.15) is 5.67 Å². The van der Waals surface area contributed by atoms with Crippen molar-refractivity contribution in [1.82, 2.24) is 5.32 Å². The zero-order valence-corrected chi connectivity index (χ0v) is 7.78. The lowest BCUT2D eigenvalue weighted by atomic mass is 9.68. The molecule has 0 amide bonds. The number of hydrogen-bond donors (Lipinski definition) is 1. The summed E-state index contributed by atoms with van der Waals surface area (Å²) < 4.78 is 14.0. The molecule has 0 radical (unpaired) electrons. The quantitative estimate of drug-likeness (QED) is 0.637. The van der Waals surface area contributed by atoms with Crippen LogP contribution >= 0.6 is 0 Å². The molecule has 2 fully saturated rings. The largest absolute Gasteiger partial charge is 0.316 e. The molecule has 1 N–H and O–H groups in total. The van der Waals surface area contributed by atoms with Gasteiger partial charge in [0.25, 0.3) is 0 Å². The first-order valence-corrected chi connectivity index (χ1v) is 5.10. The lowest BCUT2D eigenvalue weighted by molar-refractivity contribution is 0.00526. The normalized spacial score (nSPS) is 44.0. The molecule has 1 saturated heterocycles. The van der Waals surface area contributed by atoms with E-state index in [9.17, 15) is 4.39 Å². The predicted octanol–water partition coefficient (Wildman–Crippen LogP) is 2.12. The fraction of sp³-hybridized carbons (Fsp3) is 1.00. The second-order valence-electron chi connectivity index (χ2n) is 4.53. The van der Waals surface area contributed by atoms with Crippen molar-refractivity contribution in [1.29, 1.82) is 0 Å². The van der Waals surface area contributed by atoms with E-state index >= 15 is 0 Å². The third-order valence-electron chi connectivity index (χ3n) is 3.65. The molecule has 0 spiro atoms. The van der Waals surface area contributed by atoms with Crippen molar-refractivity contribution in [2.75, 3.05) is 13.1 Å². The summed E-state index contributed by atoms with van der Waals surface area (Å²) in [6.07, 6.45) is 4.53. The summed E-state index contributed by atoms with van der Waals surface area (Å²) >= 11 is 0. The van der Waals surface area contributed by atoms with Crippen LogP contribution in [0.15, 0.2) is 0 Å². The molecule has 1 nitrogen and oxygen atoms in total. The second-order valence-corrected chi connectivity index (χ2v) is 4.53. The smallest absolute Gasteiger partial charge is 0.113 e. The van der Waals surface area contributed by atoms with Crippen LogP contribution in [0.1, 0.15) is 32.6 Å². The Bertz CT molecular complexity index is 163. The lowest BCUT2D eigenvalue weighted by Gasteiger charge is -2.43. The van der Waals surface area contributed by atoms with Crippen LogP contribution in [0.25, 0.3) is 0 Å². The SMILES string of the molecule is CC1(F)CCNCC1C1CCC1. The van der Waals surface area contributed by atoms with Gasteiger partial charge >= 0.3 is 0 Å². The topological polar surface area (TPSA) is 12.0 Å². The molecule has 70 valence electrons. The summed E-state index contributed by atoms with van der Waals surface area (Å²) in [6, 6.07) is 0. The van der Waals surface area contributed by atoms with Crippen molar-refractivity contribution in [2.24, 2.45) is 11.8 Å². The van der Waals surface area contributed by atoms with Gasteiger partial charge in [-0.1, -0.05) is 19.3 Å². The maximum atomic E-state index is 14.0. The van der Waals surface area contributed by atoms with Crippen LogP contribution in [0.3, 0.4) is 0 Å². The summed E-state index contributed by atoms with van der Waals surface area (Å²) in [5, 5.41) is 3.30. The minimum absolute atomic E-state index is 0.292. The molecule has 1 aliphatic carbocycles. The Hall–Kier alpha value is -0.110. The highest BCUT2D eigenvalue weighted by Gasteiger charge is 2.42. The Morgan fingerprint density at radius 2 is 2.17 bits per heavy atom. The molecule has 2 heteroatoms. The fourth-order valence-electron chi connectivity index (χ4n) is 2.49. The van der Waals surface area contributed by atoms with E-state index in [2.05, 4.69) is 5.32 Å². The highest BCUT2D eigenvalue weighted by atomic mass is 19.1. The number of hydrogen-bond acceptors (Lipinski definition) is 1. The van der Waals surface area contributed by atoms with Gasteiger partial charge in [-0.15, -0.1) is 0 Å². The molecule has 0 aromatic rings. The van der Waals surface area contributed by atoms with Crippen LogP contribution in [0.2, 0.25) is 0 Å². The van der Waals surface area contributed by atoms with Crippen LogP contribution in [0.4, 0.5) is 4.39 Å². The molecule has 2 unspecified atom stereocenters. The molecule has 1 heterocycles. The van der Waals surface area contributed by atoms with Crippen LogP contribution in [-0.2, 0) is 0 Å². The first-order chi connectivity index (χ1) is 5.70. The average Bonchev–Trinajstić information content (AvgIpc) is 1.89. The van der Waals surface area contributed by atoms with Crippen molar-refractivity contribution in [2.45, 2.75) is 38.3 Å². The molecular formula is C10H18FN. The predicted molar refractivity (Wildman–Crippen MR) is 47.8 cm³/mol. The number of alkyl halides is 1. The molecule has 12 heavy (non-hydrogen) atoms. The van der Waals surface area contributed by atoms with Crippen molar-refractivity contribution < 1.29 is 4.39 Å². The van der Waals surface area contributed by atoms with Crippen molar-refractivity contribution in [3.63, 3.8) is 0 Å². The van der Waals surface area contributed by atoms with E-state index < -0.39 is 5.67 Å². The van der Waals surface area contributed by atoms with E-state index in [4.69, 9.17) is 0 Å². The number of nitrogens with one attached hydrogen (secondary N) is 1. The molecular weight excluding hydrogens is 153 g/mol. The van der Waals surface area contributed by atoms with E-state index in [0.717, 1.165) is 13.1 Å². The second kappa shape index (κ2) is 2.99. The summed E-state index contributed by atoms with van der Waals surface area (Å²) in [5.41, 5.74) is -0.893. The Balaban J connectivity index is 2.00. The molecule has 1 saturated carbocycles. The van der Waals surface area contributed by atoms with E-state index in [1.807, 2.05) is 0 Å². The monoisotopic (exact) mass is 171 g/mol. The number of rotatable bonds is 1. The molecule has 0 aromatic carbocycles. The summed E-state index contributed by atoms with van der Waals surface area (Å²) in [7, 11) is 0. The molecule has 0 aromatic heterocycles. The van der Waals surface area contributed by atoms with E-state index in [0.29, 0.717) is 18.3 Å². The molecule has 2 rings (SSSR count). The lowest BCUT2D eigenvalue weighted by Crippen LogP contribution is -2.50. The summed E-state index contributed by atoms with van der Waals surface area (Å²) in [4.78, 5) is 0. The molecule has 2 atom stereocenters. The number of halogens is 1. The van der Waals surface area contributed by atoms with E-state index in [-0.39, 0.29) is 0 Å². The Morgan fingerprint density at radius 3 is 2.67 bits per heavy atom. The first-order valence-electron chi connectivity index (χ1n) is 5.10. The van der Waals surface area contributed by atoms with Gasteiger partial charge in [-0.2, -0.15) is 0 Å². The zero-order valence-electron chi connectivity index (χ0n) is 7.78. The summed E-state index contributed by atoms with van der Waals surface area (Å²) in [5.74, 6) is 0.966. The van der Waals surface area contributed by atoms with Crippen LogP contribution in [0.5, 0.6) is 0 Å². The standard InChI is InChI=1S/C10H18FN/c1-10(11)5-6-12-7-9(10)8-3-2-4-8/h8-9,12H,2-7H2,1H3. The Morgan fingerprint density at radius 1 is 1.42 bits per heavy atom. The summed E-state index contributed by atoms with van der Waals surface area (Å²) in [6.45, 7) is 3.55. The fourth-order valence-corrected chi connectivity index (χ4v) is 2.49. The van der Waals surface area contributed by atoms with Gasteiger partial charge in [0.15, 0.2) is 0 Å². The third kappa shape index (κ3) is 1.37. The first kappa shape index (κ1) is 8.49. The van der Waals surface area contributed by atoms with E-state index in [1.54, 1.807) is 6.92 Å². The van der Waals surface area contributed by atoms with Crippen LogP contribution in [-0.4, -0.2) is 18.8 Å². The highest BCUT2D eigenvalue weighted by molar-refractivity contribution is 4.94. The van der Waals surface area contributed by atoms with Gasteiger partial charge in [0.05, 0.1) is 0 Å². The van der Waals surface area contributed by atoms with Gasteiger partial charge in [0.2, 0.25) is 0 Å². The van der Waals surface area contributed by atoms with Crippen molar-refractivity contribution in [3.05, 3.63) is 0 Å². The zero-order chi connectivity index (χ0) is 8.60. The minimum Gasteiger partial charge on any atom is -0.316 e. The van der Waals surface area contributed by atoms with Gasteiger partial charge in [-0.05, 0) is 25.8 Å². The number of piperidine rings is 1. The van der Waals surface area contributed by atoms with Gasteiger partial charge in [-0.3, -0.25) is 0 Å².